The van der Waals surface area contributed by atoms with Gasteiger partial charge in [-0.15, -0.1) is 0 Å². The third-order valence-corrected chi connectivity index (χ3v) is 4.49. The second-order valence-electron chi connectivity index (χ2n) is 6.00. The molecular formula is C18H23NO3. The maximum absolute atomic E-state index is 13.2. The van der Waals surface area contributed by atoms with E-state index < -0.39 is 42.1 Å². The molecule has 2 aliphatic heterocycles. The van der Waals surface area contributed by atoms with Crippen molar-refractivity contribution in [3.63, 3.8) is 0 Å². The van der Waals surface area contributed by atoms with Crippen molar-refractivity contribution in [2.75, 3.05) is 0 Å². The summed E-state index contributed by atoms with van der Waals surface area (Å²) in [5.41, 5.74) is -0.269. The highest BCUT2D eigenvalue weighted by atomic mass is 16.4. The lowest BCUT2D eigenvalue weighted by Crippen LogP contribution is -2.54. The molecule has 2 aliphatic rings. The molecule has 0 aliphatic carbocycles. The molecule has 3 atom stereocenters. The van der Waals surface area contributed by atoms with Crippen molar-refractivity contribution in [3.05, 3.63) is 35.4 Å². The van der Waals surface area contributed by atoms with Crippen LogP contribution < -0.4 is 0 Å². The monoisotopic (exact) mass is 306 g/mol. The minimum atomic E-state index is -3.02. The SMILES string of the molecule is [2H]C1([2H])C2CCC(C)(N2C(=O)c2ccc(CC)cc2)C([2H])([2H])C1([2H])C(=O)O. The summed E-state index contributed by atoms with van der Waals surface area (Å²) in [7, 11) is 0. The summed E-state index contributed by atoms with van der Waals surface area (Å²) in [5, 5.41) is 9.58. The Balaban J connectivity index is 2.14. The molecule has 2 fully saturated rings. The van der Waals surface area contributed by atoms with Crippen molar-refractivity contribution in [1.29, 1.82) is 0 Å². The predicted molar refractivity (Wildman–Crippen MR) is 83.8 cm³/mol. The van der Waals surface area contributed by atoms with Gasteiger partial charge in [0.1, 0.15) is 0 Å². The highest BCUT2D eigenvalue weighted by molar-refractivity contribution is 5.95. The number of fused-ring (bicyclic) bond motifs is 2. The smallest absolute Gasteiger partial charge is 0.306 e. The highest BCUT2D eigenvalue weighted by Crippen LogP contribution is 2.46. The number of carboxylic acids is 1. The average molecular weight is 306 g/mol. The summed E-state index contributed by atoms with van der Waals surface area (Å²) in [6.07, 6.45) is -4.55. The first-order valence-electron chi connectivity index (χ1n) is 10.0. The minimum absolute atomic E-state index is 0.0941. The lowest BCUT2D eigenvalue weighted by Gasteiger charge is -2.45. The van der Waals surface area contributed by atoms with Crippen molar-refractivity contribution in [1.82, 2.24) is 4.90 Å². The Morgan fingerprint density at radius 1 is 1.45 bits per heavy atom. The zero-order valence-corrected chi connectivity index (χ0v) is 12.7. The zero-order valence-electron chi connectivity index (χ0n) is 17.7. The molecule has 3 rings (SSSR count). The molecule has 2 saturated heterocycles. The summed E-state index contributed by atoms with van der Waals surface area (Å²) >= 11 is 0. The first-order valence-corrected chi connectivity index (χ1v) is 7.52. The van der Waals surface area contributed by atoms with Gasteiger partial charge in [0.25, 0.3) is 5.91 Å². The molecule has 0 saturated carbocycles. The van der Waals surface area contributed by atoms with Crippen LogP contribution >= 0.6 is 0 Å². The number of benzene rings is 1. The number of nitrogens with zero attached hydrogens (tertiary/aromatic N) is 1. The van der Waals surface area contributed by atoms with Crippen LogP contribution in [0.1, 0.15) is 62.2 Å². The van der Waals surface area contributed by atoms with Gasteiger partial charge in [-0.1, -0.05) is 19.1 Å². The van der Waals surface area contributed by atoms with E-state index in [9.17, 15) is 14.7 Å². The second kappa shape index (κ2) is 5.41. The fraction of sp³-hybridized carbons (Fsp3) is 0.556. The topological polar surface area (TPSA) is 57.6 Å². The van der Waals surface area contributed by atoms with Gasteiger partial charge in [0, 0.05) is 24.0 Å². The summed E-state index contributed by atoms with van der Waals surface area (Å²) in [4.78, 5) is 26.2. The van der Waals surface area contributed by atoms with E-state index in [1.165, 1.54) is 6.92 Å². The van der Waals surface area contributed by atoms with E-state index in [0.29, 0.717) is 5.56 Å². The number of carbonyl (C=O) groups excluding carboxylic acids is 1. The van der Waals surface area contributed by atoms with Gasteiger partial charge < -0.3 is 10.0 Å². The first-order chi connectivity index (χ1) is 12.4. The van der Waals surface area contributed by atoms with Gasteiger partial charge in [0.2, 0.25) is 0 Å². The molecule has 4 nitrogen and oxygen atoms in total. The molecule has 0 spiro atoms. The van der Waals surface area contributed by atoms with E-state index in [1.807, 2.05) is 6.92 Å². The Labute approximate surface area is 138 Å². The van der Waals surface area contributed by atoms with Gasteiger partial charge in [0.15, 0.2) is 0 Å². The molecule has 2 heterocycles. The third kappa shape index (κ3) is 2.40. The fourth-order valence-electron chi connectivity index (χ4n) is 3.25. The standard InChI is InChI=1S/C18H23NO3/c1-3-12-4-6-13(7-5-12)16(20)19-15-8-9-18(19,2)11-14(10-15)17(21)22/h4-7,14-15H,3,8-11H2,1-2H3,(H,21,22)/i10D2,11D2,14D. The van der Waals surface area contributed by atoms with Crippen molar-refractivity contribution in [2.24, 2.45) is 5.89 Å². The van der Waals surface area contributed by atoms with Crippen molar-refractivity contribution < 1.29 is 21.5 Å². The minimum Gasteiger partial charge on any atom is -0.481 e. The number of carbonyl (C=O) groups is 2. The highest BCUT2D eigenvalue weighted by Gasteiger charge is 2.52. The van der Waals surface area contributed by atoms with E-state index >= 15 is 0 Å². The number of aryl methyl sites for hydroxylation is 1. The average Bonchev–Trinajstić information content (AvgIpc) is 2.97. The Kier molecular flexibility index (Phi) is 2.47. The van der Waals surface area contributed by atoms with Crippen LogP contribution in [0.4, 0.5) is 0 Å². The third-order valence-electron chi connectivity index (χ3n) is 4.49. The fourth-order valence-corrected chi connectivity index (χ4v) is 3.25. The maximum atomic E-state index is 13.2. The summed E-state index contributed by atoms with van der Waals surface area (Å²) in [5.74, 6) is -5.41. The normalized spacial score (nSPS) is 41.6. The molecule has 2 bridgehead atoms. The number of aliphatic carboxylic acids is 1. The molecule has 1 aromatic carbocycles. The number of rotatable bonds is 3. The van der Waals surface area contributed by atoms with Crippen molar-refractivity contribution in [3.8, 4) is 0 Å². The largest absolute Gasteiger partial charge is 0.481 e. The molecule has 1 aromatic rings. The van der Waals surface area contributed by atoms with Crippen LogP contribution in [0.2, 0.25) is 0 Å². The molecule has 22 heavy (non-hydrogen) atoms. The van der Waals surface area contributed by atoms with Gasteiger partial charge in [0.05, 0.1) is 5.89 Å². The predicted octanol–water partition coefficient (Wildman–Crippen LogP) is 3.11. The van der Waals surface area contributed by atoms with Crippen LogP contribution in [-0.2, 0) is 11.2 Å². The Morgan fingerprint density at radius 2 is 2.14 bits per heavy atom. The van der Waals surface area contributed by atoms with E-state index in [4.69, 9.17) is 6.85 Å². The van der Waals surface area contributed by atoms with Gasteiger partial charge in [-0.25, -0.2) is 0 Å². The van der Waals surface area contributed by atoms with Crippen molar-refractivity contribution >= 4 is 11.9 Å². The van der Waals surface area contributed by atoms with E-state index in [1.54, 1.807) is 24.3 Å². The molecular weight excluding hydrogens is 278 g/mol. The van der Waals surface area contributed by atoms with E-state index in [-0.39, 0.29) is 12.8 Å². The van der Waals surface area contributed by atoms with Crippen LogP contribution in [0.25, 0.3) is 0 Å². The van der Waals surface area contributed by atoms with Crippen LogP contribution in [0, 0.1) is 5.89 Å². The molecule has 3 unspecified atom stereocenters. The molecule has 118 valence electrons. The number of piperidine rings is 1. The number of hydrogen-bond donors (Lipinski definition) is 1. The quantitative estimate of drug-likeness (QED) is 0.933. The number of carboxylic acid groups (broad SMARTS) is 1. The molecule has 1 amide bonds. The lowest BCUT2D eigenvalue weighted by molar-refractivity contribution is -0.145. The summed E-state index contributed by atoms with van der Waals surface area (Å²) < 4.78 is 41.9. The Morgan fingerprint density at radius 3 is 2.73 bits per heavy atom. The molecule has 0 radical (unpaired) electrons. The summed E-state index contributed by atoms with van der Waals surface area (Å²) in [6, 6.07) is 5.63. The van der Waals surface area contributed by atoms with Crippen LogP contribution in [0.3, 0.4) is 0 Å². The van der Waals surface area contributed by atoms with Crippen LogP contribution in [-0.4, -0.2) is 33.5 Å². The zero-order chi connectivity index (χ0) is 20.4. The first kappa shape index (κ1) is 10.0. The van der Waals surface area contributed by atoms with Gasteiger partial charge >= 0.3 is 5.97 Å². The van der Waals surface area contributed by atoms with Gasteiger partial charge in [-0.3, -0.25) is 9.59 Å². The van der Waals surface area contributed by atoms with Crippen LogP contribution in [0.15, 0.2) is 24.3 Å². The molecule has 0 aromatic heterocycles. The molecule has 1 N–H and O–H groups in total. The van der Waals surface area contributed by atoms with E-state index in [2.05, 4.69) is 0 Å². The second-order valence-corrected chi connectivity index (χ2v) is 6.00. The van der Waals surface area contributed by atoms with Gasteiger partial charge in [-0.2, -0.15) is 0 Å². The Hall–Kier alpha value is -1.84. The van der Waals surface area contributed by atoms with Crippen molar-refractivity contribution in [2.45, 2.75) is 57.4 Å². The maximum Gasteiger partial charge on any atom is 0.306 e. The number of hydrogen-bond acceptors (Lipinski definition) is 2. The van der Waals surface area contributed by atoms with Crippen LogP contribution in [0.5, 0.6) is 0 Å². The lowest BCUT2D eigenvalue weighted by atomic mass is 9.82. The Bertz CT molecular complexity index is 797. The van der Waals surface area contributed by atoms with E-state index in [0.717, 1.165) is 16.9 Å². The summed E-state index contributed by atoms with van der Waals surface area (Å²) in [6.45, 7) is 3.40. The number of amides is 1. The molecule has 4 heteroatoms. The van der Waals surface area contributed by atoms with Gasteiger partial charge in [-0.05, 0) is 56.6 Å².